The molecule has 4 heteroatoms. The standard InChI is InChI=1S/C13H13ClN2S/c1-8-12-11(5-6-15-8)16-13(17-12)9-3-2-4-10(14)7-9/h2-4,7-8,15H,5-6H2,1H3. The van der Waals surface area contributed by atoms with Crippen LogP contribution in [-0.2, 0) is 6.42 Å². The summed E-state index contributed by atoms with van der Waals surface area (Å²) in [5.41, 5.74) is 2.36. The smallest absolute Gasteiger partial charge is 0.123 e. The van der Waals surface area contributed by atoms with Gasteiger partial charge >= 0.3 is 0 Å². The van der Waals surface area contributed by atoms with Crippen LogP contribution in [0.5, 0.6) is 0 Å². The van der Waals surface area contributed by atoms with E-state index in [1.54, 1.807) is 11.3 Å². The number of fused-ring (bicyclic) bond motifs is 1. The van der Waals surface area contributed by atoms with E-state index >= 15 is 0 Å². The zero-order valence-electron chi connectivity index (χ0n) is 9.53. The van der Waals surface area contributed by atoms with Crippen molar-refractivity contribution in [1.29, 1.82) is 0 Å². The van der Waals surface area contributed by atoms with Crippen LogP contribution in [0.25, 0.3) is 10.6 Å². The van der Waals surface area contributed by atoms with Crippen LogP contribution in [0.3, 0.4) is 0 Å². The molecule has 0 amide bonds. The van der Waals surface area contributed by atoms with Crippen molar-refractivity contribution in [3.8, 4) is 10.6 Å². The van der Waals surface area contributed by atoms with Gasteiger partial charge in [0, 0.05) is 34.5 Å². The molecule has 1 aliphatic heterocycles. The Balaban J connectivity index is 2.05. The summed E-state index contributed by atoms with van der Waals surface area (Å²) in [5, 5.41) is 5.30. The molecule has 0 saturated heterocycles. The first-order valence-electron chi connectivity index (χ1n) is 5.73. The fourth-order valence-electron chi connectivity index (χ4n) is 2.13. The van der Waals surface area contributed by atoms with E-state index in [1.165, 1.54) is 10.6 Å². The summed E-state index contributed by atoms with van der Waals surface area (Å²) in [4.78, 5) is 6.10. The zero-order chi connectivity index (χ0) is 11.8. The van der Waals surface area contributed by atoms with Crippen LogP contribution in [-0.4, -0.2) is 11.5 Å². The molecule has 2 aromatic rings. The Hall–Kier alpha value is -0.900. The summed E-state index contributed by atoms with van der Waals surface area (Å²) < 4.78 is 0. The number of hydrogen-bond acceptors (Lipinski definition) is 3. The highest BCUT2D eigenvalue weighted by Gasteiger charge is 2.21. The Kier molecular flexibility index (Phi) is 2.90. The number of benzene rings is 1. The number of hydrogen-bond donors (Lipinski definition) is 1. The second-order valence-corrected chi connectivity index (χ2v) is 5.73. The van der Waals surface area contributed by atoms with E-state index in [4.69, 9.17) is 16.6 Å². The Labute approximate surface area is 110 Å². The van der Waals surface area contributed by atoms with Crippen molar-refractivity contribution < 1.29 is 0 Å². The van der Waals surface area contributed by atoms with Gasteiger partial charge in [0.1, 0.15) is 5.01 Å². The van der Waals surface area contributed by atoms with Crippen molar-refractivity contribution in [2.24, 2.45) is 0 Å². The second kappa shape index (κ2) is 4.41. The normalized spacial score (nSPS) is 19.1. The summed E-state index contributed by atoms with van der Waals surface area (Å²) in [6.07, 6.45) is 1.02. The van der Waals surface area contributed by atoms with Gasteiger partial charge in [-0.1, -0.05) is 23.7 Å². The summed E-state index contributed by atoms with van der Waals surface area (Å²) in [6.45, 7) is 3.21. The van der Waals surface area contributed by atoms with E-state index in [0.717, 1.165) is 28.6 Å². The third-order valence-electron chi connectivity index (χ3n) is 3.00. The van der Waals surface area contributed by atoms with Crippen LogP contribution < -0.4 is 5.32 Å². The van der Waals surface area contributed by atoms with E-state index in [1.807, 2.05) is 18.2 Å². The van der Waals surface area contributed by atoms with E-state index < -0.39 is 0 Å². The van der Waals surface area contributed by atoms with Gasteiger partial charge in [0.15, 0.2) is 0 Å². The quantitative estimate of drug-likeness (QED) is 0.850. The fourth-order valence-corrected chi connectivity index (χ4v) is 3.45. The van der Waals surface area contributed by atoms with Crippen LogP contribution in [0.4, 0.5) is 0 Å². The molecule has 0 spiro atoms. The topological polar surface area (TPSA) is 24.9 Å². The maximum atomic E-state index is 6.01. The van der Waals surface area contributed by atoms with Gasteiger partial charge in [0.2, 0.25) is 0 Å². The van der Waals surface area contributed by atoms with Gasteiger partial charge in [-0.3, -0.25) is 0 Å². The minimum Gasteiger partial charge on any atom is -0.309 e. The number of nitrogens with one attached hydrogen (secondary N) is 1. The SMILES string of the molecule is CC1NCCc2nc(-c3cccc(Cl)c3)sc21. The summed E-state index contributed by atoms with van der Waals surface area (Å²) in [7, 11) is 0. The lowest BCUT2D eigenvalue weighted by Crippen LogP contribution is -2.26. The molecule has 0 aliphatic carbocycles. The Morgan fingerprint density at radius 1 is 1.47 bits per heavy atom. The Morgan fingerprint density at radius 2 is 2.35 bits per heavy atom. The molecule has 1 aromatic carbocycles. The highest BCUT2D eigenvalue weighted by molar-refractivity contribution is 7.15. The van der Waals surface area contributed by atoms with Gasteiger partial charge in [0.05, 0.1) is 5.69 Å². The molecule has 17 heavy (non-hydrogen) atoms. The maximum Gasteiger partial charge on any atom is 0.123 e. The monoisotopic (exact) mass is 264 g/mol. The molecule has 1 N–H and O–H groups in total. The zero-order valence-corrected chi connectivity index (χ0v) is 11.1. The van der Waals surface area contributed by atoms with E-state index in [2.05, 4.69) is 18.3 Å². The Morgan fingerprint density at radius 3 is 3.12 bits per heavy atom. The van der Waals surface area contributed by atoms with Crippen molar-refractivity contribution in [2.45, 2.75) is 19.4 Å². The molecule has 1 aromatic heterocycles. The molecule has 1 unspecified atom stereocenters. The van der Waals surface area contributed by atoms with E-state index in [0.29, 0.717) is 6.04 Å². The molecular formula is C13H13ClN2S. The molecular weight excluding hydrogens is 252 g/mol. The van der Waals surface area contributed by atoms with Crippen molar-refractivity contribution in [3.05, 3.63) is 39.9 Å². The molecule has 1 atom stereocenters. The first kappa shape index (κ1) is 11.2. The lowest BCUT2D eigenvalue weighted by molar-refractivity contribution is 0.545. The highest BCUT2D eigenvalue weighted by atomic mass is 35.5. The Bertz CT molecular complexity index is 550. The first-order chi connectivity index (χ1) is 8.24. The van der Waals surface area contributed by atoms with Crippen molar-refractivity contribution in [2.75, 3.05) is 6.54 Å². The van der Waals surface area contributed by atoms with E-state index in [9.17, 15) is 0 Å². The number of aromatic nitrogens is 1. The number of thiazole rings is 1. The molecule has 0 fully saturated rings. The molecule has 0 saturated carbocycles. The average molecular weight is 265 g/mol. The van der Waals surface area contributed by atoms with Crippen LogP contribution in [0.2, 0.25) is 5.02 Å². The largest absolute Gasteiger partial charge is 0.309 e. The number of rotatable bonds is 1. The average Bonchev–Trinajstić information content (AvgIpc) is 2.74. The van der Waals surface area contributed by atoms with Crippen LogP contribution in [0, 0.1) is 0 Å². The molecule has 0 radical (unpaired) electrons. The first-order valence-corrected chi connectivity index (χ1v) is 6.92. The van der Waals surface area contributed by atoms with Crippen LogP contribution in [0.1, 0.15) is 23.5 Å². The third kappa shape index (κ3) is 2.10. The second-order valence-electron chi connectivity index (χ2n) is 4.27. The van der Waals surface area contributed by atoms with Crippen molar-refractivity contribution >= 4 is 22.9 Å². The van der Waals surface area contributed by atoms with Crippen LogP contribution in [0.15, 0.2) is 24.3 Å². The number of halogens is 1. The van der Waals surface area contributed by atoms with Crippen molar-refractivity contribution in [1.82, 2.24) is 10.3 Å². The van der Waals surface area contributed by atoms with Gasteiger partial charge in [-0.15, -0.1) is 11.3 Å². The molecule has 2 heterocycles. The van der Waals surface area contributed by atoms with E-state index in [-0.39, 0.29) is 0 Å². The lowest BCUT2D eigenvalue weighted by atomic mass is 10.1. The van der Waals surface area contributed by atoms with Gasteiger partial charge < -0.3 is 5.32 Å². The van der Waals surface area contributed by atoms with Gasteiger partial charge in [-0.25, -0.2) is 4.98 Å². The molecule has 1 aliphatic rings. The number of nitrogens with zero attached hydrogens (tertiary/aromatic N) is 1. The van der Waals surface area contributed by atoms with Gasteiger partial charge in [0.25, 0.3) is 0 Å². The molecule has 3 rings (SSSR count). The van der Waals surface area contributed by atoms with Gasteiger partial charge in [-0.2, -0.15) is 0 Å². The molecule has 88 valence electrons. The predicted octanol–water partition coefficient (Wildman–Crippen LogP) is 3.67. The van der Waals surface area contributed by atoms with Gasteiger partial charge in [-0.05, 0) is 19.1 Å². The maximum absolute atomic E-state index is 6.01. The fraction of sp³-hybridized carbons (Fsp3) is 0.308. The minimum atomic E-state index is 0.421. The summed E-state index contributed by atoms with van der Waals surface area (Å²) >= 11 is 7.79. The highest BCUT2D eigenvalue weighted by Crippen LogP contribution is 2.34. The minimum absolute atomic E-state index is 0.421. The van der Waals surface area contributed by atoms with Crippen molar-refractivity contribution in [3.63, 3.8) is 0 Å². The molecule has 2 nitrogen and oxygen atoms in total. The lowest BCUT2D eigenvalue weighted by Gasteiger charge is -2.18. The van der Waals surface area contributed by atoms with Crippen LogP contribution >= 0.6 is 22.9 Å². The summed E-state index contributed by atoms with van der Waals surface area (Å²) in [6, 6.07) is 8.32. The summed E-state index contributed by atoms with van der Waals surface area (Å²) in [5.74, 6) is 0. The predicted molar refractivity (Wildman–Crippen MR) is 72.7 cm³/mol. The molecule has 0 bridgehead atoms. The third-order valence-corrected chi connectivity index (χ3v) is 4.57.